The van der Waals surface area contributed by atoms with Crippen molar-refractivity contribution in [3.63, 3.8) is 0 Å². The highest BCUT2D eigenvalue weighted by Crippen LogP contribution is 2.30. The summed E-state index contributed by atoms with van der Waals surface area (Å²) in [5, 5.41) is 3.46. The van der Waals surface area contributed by atoms with Crippen molar-refractivity contribution >= 4 is 17.2 Å². The first-order chi connectivity index (χ1) is 16.1. The second kappa shape index (κ2) is 11.1. The molecule has 0 bridgehead atoms. The van der Waals surface area contributed by atoms with E-state index in [1.165, 1.54) is 32.1 Å². The minimum Gasteiger partial charge on any atom is -0.484 e. The molecule has 1 aromatic heterocycles. The molecule has 1 fully saturated rings. The highest BCUT2D eigenvalue weighted by Gasteiger charge is 2.15. The number of ketones is 1. The third-order valence-corrected chi connectivity index (χ3v) is 6.57. The van der Waals surface area contributed by atoms with E-state index in [2.05, 4.69) is 17.2 Å². The number of rotatable bonds is 10. The lowest BCUT2D eigenvalue weighted by Crippen LogP contribution is -2.05. The number of aromatic nitrogens is 1. The number of carbonyl (C=O) groups excluding carboxylic acids is 1. The van der Waals surface area contributed by atoms with Crippen molar-refractivity contribution in [2.45, 2.75) is 64.9 Å². The van der Waals surface area contributed by atoms with Gasteiger partial charge >= 0.3 is 0 Å². The summed E-state index contributed by atoms with van der Waals surface area (Å²) in [7, 11) is 0. The summed E-state index contributed by atoms with van der Waals surface area (Å²) < 4.78 is 6.08. The third-order valence-electron chi connectivity index (χ3n) is 6.57. The molecule has 1 aliphatic rings. The maximum atomic E-state index is 12.7. The van der Waals surface area contributed by atoms with Crippen LogP contribution in [-0.4, -0.2) is 10.8 Å². The van der Waals surface area contributed by atoms with Crippen molar-refractivity contribution < 1.29 is 9.53 Å². The SMILES string of the molecule is Cc1cc(OC(C)c2ccccn2)ccc1Nc1cccc(C(=O)CCCC2CCCC2)c1. The average Bonchev–Trinajstić information content (AvgIpc) is 3.35. The van der Waals surface area contributed by atoms with Gasteiger partial charge < -0.3 is 10.1 Å². The van der Waals surface area contributed by atoms with Crippen LogP contribution in [0.3, 0.4) is 0 Å². The monoisotopic (exact) mass is 442 g/mol. The lowest BCUT2D eigenvalue weighted by atomic mass is 9.97. The molecule has 4 rings (SSSR count). The minimum atomic E-state index is -0.124. The fraction of sp³-hybridized carbons (Fsp3) is 0.379. The van der Waals surface area contributed by atoms with E-state index >= 15 is 0 Å². The van der Waals surface area contributed by atoms with Gasteiger partial charge in [0.15, 0.2) is 5.78 Å². The van der Waals surface area contributed by atoms with Gasteiger partial charge in [0.25, 0.3) is 0 Å². The second-order valence-electron chi connectivity index (χ2n) is 9.16. The molecule has 0 amide bonds. The van der Waals surface area contributed by atoms with E-state index in [-0.39, 0.29) is 11.9 Å². The molecule has 172 valence electrons. The minimum absolute atomic E-state index is 0.124. The van der Waals surface area contributed by atoms with E-state index < -0.39 is 0 Å². The number of aryl methyl sites for hydroxylation is 1. The van der Waals surface area contributed by atoms with Gasteiger partial charge in [0.2, 0.25) is 0 Å². The maximum absolute atomic E-state index is 12.7. The number of nitrogens with one attached hydrogen (secondary N) is 1. The molecule has 1 N–H and O–H groups in total. The number of nitrogens with zero attached hydrogens (tertiary/aromatic N) is 1. The molecule has 1 saturated carbocycles. The topological polar surface area (TPSA) is 51.2 Å². The normalized spacial score (nSPS) is 14.7. The molecule has 0 radical (unpaired) electrons. The molecule has 3 aromatic rings. The number of anilines is 2. The Morgan fingerprint density at radius 1 is 1.09 bits per heavy atom. The predicted molar refractivity (Wildman–Crippen MR) is 134 cm³/mol. The molecule has 1 unspecified atom stereocenters. The summed E-state index contributed by atoms with van der Waals surface area (Å²) in [6.45, 7) is 4.05. The Morgan fingerprint density at radius 2 is 1.94 bits per heavy atom. The predicted octanol–water partition coefficient (Wildman–Crippen LogP) is 7.82. The number of pyridine rings is 1. The number of benzene rings is 2. The zero-order chi connectivity index (χ0) is 23.0. The van der Waals surface area contributed by atoms with Gasteiger partial charge in [-0.15, -0.1) is 0 Å². The highest BCUT2D eigenvalue weighted by atomic mass is 16.5. The van der Waals surface area contributed by atoms with Gasteiger partial charge in [-0.05, 0) is 74.2 Å². The Balaban J connectivity index is 1.35. The Kier molecular flexibility index (Phi) is 7.77. The van der Waals surface area contributed by atoms with Gasteiger partial charge in [-0.3, -0.25) is 9.78 Å². The summed E-state index contributed by atoms with van der Waals surface area (Å²) in [6, 6.07) is 19.7. The van der Waals surface area contributed by atoms with Crippen molar-refractivity contribution in [1.82, 2.24) is 4.98 Å². The van der Waals surface area contributed by atoms with Crippen LogP contribution in [0.5, 0.6) is 5.75 Å². The van der Waals surface area contributed by atoms with E-state index in [0.29, 0.717) is 6.42 Å². The van der Waals surface area contributed by atoms with E-state index in [4.69, 9.17) is 4.74 Å². The van der Waals surface area contributed by atoms with Crippen LogP contribution in [0.1, 0.15) is 79.6 Å². The van der Waals surface area contributed by atoms with E-state index in [1.807, 2.05) is 67.6 Å². The van der Waals surface area contributed by atoms with Crippen molar-refractivity contribution in [2.24, 2.45) is 5.92 Å². The van der Waals surface area contributed by atoms with Crippen molar-refractivity contribution in [3.05, 3.63) is 83.7 Å². The molecule has 0 saturated heterocycles. The molecular weight excluding hydrogens is 408 g/mol. The lowest BCUT2D eigenvalue weighted by molar-refractivity contribution is 0.0977. The van der Waals surface area contributed by atoms with Crippen LogP contribution in [0.2, 0.25) is 0 Å². The largest absolute Gasteiger partial charge is 0.484 e. The Hall–Kier alpha value is -3.14. The first-order valence-corrected chi connectivity index (χ1v) is 12.2. The van der Waals surface area contributed by atoms with Crippen LogP contribution < -0.4 is 10.1 Å². The fourth-order valence-corrected chi connectivity index (χ4v) is 4.65. The fourth-order valence-electron chi connectivity index (χ4n) is 4.65. The van der Waals surface area contributed by atoms with Crippen molar-refractivity contribution in [3.8, 4) is 5.75 Å². The molecule has 0 spiro atoms. The maximum Gasteiger partial charge on any atom is 0.162 e. The van der Waals surface area contributed by atoms with Gasteiger partial charge in [-0.25, -0.2) is 0 Å². The summed E-state index contributed by atoms with van der Waals surface area (Å²) in [5.74, 6) is 1.88. The van der Waals surface area contributed by atoms with Crippen LogP contribution in [0.15, 0.2) is 66.9 Å². The molecule has 4 nitrogen and oxygen atoms in total. The Morgan fingerprint density at radius 3 is 2.70 bits per heavy atom. The molecule has 1 aliphatic carbocycles. The van der Waals surface area contributed by atoms with Crippen molar-refractivity contribution in [2.75, 3.05) is 5.32 Å². The van der Waals surface area contributed by atoms with Crippen molar-refractivity contribution in [1.29, 1.82) is 0 Å². The third kappa shape index (κ3) is 6.44. The number of hydrogen-bond donors (Lipinski definition) is 1. The Labute approximate surface area is 197 Å². The van der Waals surface area contributed by atoms with Crippen LogP contribution in [0, 0.1) is 12.8 Å². The van der Waals surface area contributed by atoms with E-state index in [0.717, 1.165) is 46.3 Å². The van der Waals surface area contributed by atoms with Crippen LogP contribution in [-0.2, 0) is 0 Å². The smallest absolute Gasteiger partial charge is 0.162 e. The van der Waals surface area contributed by atoms with Crippen LogP contribution in [0.4, 0.5) is 11.4 Å². The van der Waals surface area contributed by atoms with Crippen LogP contribution >= 0.6 is 0 Å². The van der Waals surface area contributed by atoms with Gasteiger partial charge in [0.05, 0.1) is 5.69 Å². The highest BCUT2D eigenvalue weighted by molar-refractivity contribution is 5.97. The zero-order valence-corrected chi connectivity index (χ0v) is 19.7. The lowest BCUT2D eigenvalue weighted by Gasteiger charge is -2.16. The molecule has 1 heterocycles. The summed E-state index contributed by atoms with van der Waals surface area (Å²) in [4.78, 5) is 17.1. The second-order valence-corrected chi connectivity index (χ2v) is 9.16. The molecular formula is C29H34N2O2. The molecule has 33 heavy (non-hydrogen) atoms. The number of ether oxygens (including phenoxy) is 1. The first-order valence-electron chi connectivity index (χ1n) is 12.2. The zero-order valence-electron chi connectivity index (χ0n) is 19.7. The van der Waals surface area contributed by atoms with Gasteiger partial charge in [0, 0.05) is 29.6 Å². The van der Waals surface area contributed by atoms with E-state index in [9.17, 15) is 4.79 Å². The molecule has 2 aromatic carbocycles. The molecule has 4 heteroatoms. The first kappa shape index (κ1) is 23.0. The summed E-state index contributed by atoms with van der Waals surface area (Å²) in [5.41, 5.74) is 4.69. The standard InChI is InChI=1S/C29H34N2O2/c1-21-19-26(33-22(2)28-14-5-6-18-30-28)16-17-27(21)31-25-13-8-12-24(20-25)29(32)15-7-11-23-9-3-4-10-23/h5-6,8,12-14,16-20,22-23,31H,3-4,7,9-11,15H2,1-2H3. The summed E-state index contributed by atoms with van der Waals surface area (Å²) in [6.07, 6.45) is 9.90. The number of carbonyl (C=O) groups is 1. The van der Waals surface area contributed by atoms with Gasteiger partial charge in [0.1, 0.15) is 11.9 Å². The Bertz CT molecular complexity index is 1060. The number of Topliss-reactive ketones (excluding diaryl/α,β-unsaturated/α-hetero) is 1. The van der Waals surface area contributed by atoms with E-state index in [1.54, 1.807) is 6.20 Å². The number of hydrogen-bond acceptors (Lipinski definition) is 4. The van der Waals surface area contributed by atoms with Crippen LogP contribution in [0.25, 0.3) is 0 Å². The average molecular weight is 443 g/mol. The van der Waals surface area contributed by atoms with Gasteiger partial charge in [-0.1, -0.05) is 50.3 Å². The quantitative estimate of drug-likeness (QED) is 0.325. The summed E-state index contributed by atoms with van der Waals surface area (Å²) >= 11 is 0. The molecule has 0 aliphatic heterocycles. The van der Waals surface area contributed by atoms with Gasteiger partial charge in [-0.2, -0.15) is 0 Å². The molecule has 1 atom stereocenters.